The summed E-state index contributed by atoms with van der Waals surface area (Å²) in [5.41, 5.74) is 5.83. The van der Waals surface area contributed by atoms with Crippen LogP contribution in [-0.2, 0) is 14.3 Å². The number of hydrogen-bond acceptors (Lipinski definition) is 6. The number of anilines is 1. The average molecular weight is 484 g/mol. The number of methoxy groups -OCH3 is 1. The maximum Gasteiger partial charge on any atom is 0.338 e. The van der Waals surface area contributed by atoms with Gasteiger partial charge in [-0.3, -0.25) is 9.59 Å². The molecule has 0 unspecified atom stereocenters. The Morgan fingerprint density at radius 3 is 2.48 bits per heavy atom. The Hall–Kier alpha value is -2.82. The quantitative estimate of drug-likeness (QED) is 0.437. The summed E-state index contributed by atoms with van der Waals surface area (Å²) in [6, 6.07) is 11.5. The van der Waals surface area contributed by atoms with Crippen LogP contribution >= 0.6 is 22.6 Å². The number of primary amides is 1. The van der Waals surface area contributed by atoms with E-state index >= 15 is 0 Å². The SMILES string of the molecule is COc1cc(C(=O)OCC(=O)Nc2ccccc2I)ccc1OCC(N)=O. The molecule has 0 aromatic heterocycles. The van der Waals surface area contributed by atoms with Crippen LogP contribution in [-0.4, -0.2) is 38.1 Å². The van der Waals surface area contributed by atoms with Crippen LogP contribution in [0.25, 0.3) is 0 Å². The maximum atomic E-state index is 12.1. The minimum Gasteiger partial charge on any atom is -0.493 e. The fraction of sp³-hybridized carbons (Fsp3) is 0.167. The molecule has 0 saturated heterocycles. The second kappa shape index (κ2) is 9.76. The van der Waals surface area contributed by atoms with Crippen molar-refractivity contribution in [1.29, 1.82) is 0 Å². The van der Waals surface area contributed by atoms with E-state index in [0.29, 0.717) is 5.69 Å². The van der Waals surface area contributed by atoms with Crippen LogP contribution in [0.4, 0.5) is 5.69 Å². The minimum atomic E-state index is -0.701. The van der Waals surface area contributed by atoms with E-state index in [2.05, 4.69) is 27.9 Å². The Morgan fingerprint density at radius 1 is 1.07 bits per heavy atom. The molecule has 0 saturated carbocycles. The third-order valence-corrected chi connectivity index (χ3v) is 4.19. The van der Waals surface area contributed by atoms with E-state index in [0.717, 1.165) is 3.57 Å². The number of para-hydroxylation sites is 1. The number of nitrogens with one attached hydrogen (secondary N) is 1. The van der Waals surface area contributed by atoms with Gasteiger partial charge in [-0.25, -0.2) is 4.79 Å². The summed E-state index contributed by atoms with van der Waals surface area (Å²) < 4.78 is 16.2. The van der Waals surface area contributed by atoms with Crippen molar-refractivity contribution >= 4 is 46.1 Å². The maximum absolute atomic E-state index is 12.1. The number of ether oxygens (including phenoxy) is 3. The number of rotatable bonds is 8. The average Bonchev–Trinajstić information content (AvgIpc) is 2.66. The highest BCUT2D eigenvalue weighted by atomic mass is 127. The first kappa shape index (κ1) is 20.5. The lowest BCUT2D eigenvalue weighted by Crippen LogP contribution is -2.21. The van der Waals surface area contributed by atoms with E-state index in [1.165, 1.54) is 25.3 Å². The number of benzene rings is 2. The summed E-state index contributed by atoms with van der Waals surface area (Å²) in [7, 11) is 1.39. The van der Waals surface area contributed by atoms with Crippen LogP contribution in [0, 0.1) is 3.57 Å². The number of amides is 2. The van der Waals surface area contributed by atoms with Gasteiger partial charge in [0.25, 0.3) is 11.8 Å². The molecule has 0 atom stereocenters. The van der Waals surface area contributed by atoms with Crippen molar-refractivity contribution in [2.75, 3.05) is 25.6 Å². The van der Waals surface area contributed by atoms with Crippen LogP contribution in [0.3, 0.4) is 0 Å². The lowest BCUT2D eigenvalue weighted by molar-refractivity contribution is -0.120. The molecule has 0 heterocycles. The molecule has 0 aliphatic heterocycles. The van der Waals surface area contributed by atoms with Gasteiger partial charge in [-0.05, 0) is 52.9 Å². The Labute approximate surface area is 169 Å². The van der Waals surface area contributed by atoms with Crippen molar-refractivity contribution in [1.82, 2.24) is 0 Å². The number of nitrogens with two attached hydrogens (primary N) is 1. The molecule has 0 bridgehead atoms. The number of carbonyl (C=O) groups excluding carboxylic acids is 3. The van der Waals surface area contributed by atoms with Crippen molar-refractivity contribution in [2.24, 2.45) is 5.73 Å². The third-order valence-electron chi connectivity index (χ3n) is 3.25. The zero-order chi connectivity index (χ0) is 19.8. The van der Waals surface area contributed by atoms with Crippen molar-refractivity contribution in [3.05, 3.63) is 51.6 Å². The van der Waals surface area contributed by atoms with Gasteiger partial charge in [-0.15, -0.1) is 0 Å². The summed E-state index contributed by atoms with van der Waals surface area (Å²) in [5.74, 6) is -1.31. The molecule has 0 fully saturated rings. The predicted molar refractivity (Wildman–Crippen MR) is 106 cm³/mol. The van der Waals surface area contributed by atoms with Gasteiger partial charge in [0.15, 0.2) is 24.7 Å². The number of halogens is 1. The normalized spacial score (nSPS) is 10.0. The number of carbonyl (C=O) groups is 3. The molecule has 2 aromatic carbocycles. The molecule has 0 aliphatic rings. The highest BCUT2D eigenvalue weighted by molar-refractivity contribution is 14.1. The van der Waals surface area contributed by atoms with E-state index in [-0.39, 0.29) is 23.7 Å². The number of hydrogen-bond donors (Lipinski definition) is 2. The van der Waals surface area contributed by atoms with Gasteiger partial charge in [0.05, 0.1) is 18.4 Å². The molecule has 0 spiro atoms. The van der Waals surface area contributed by atoms with Gasteiger partial charge in [0.1, 0.15) is 0 Å². The van der Waals surface area contributed by atoms with E-state index < -0.39 is 24.4 Å². The Bertz CT molecular complexity index is 855. The topological polar surface area (TPSA) is 117 Å². The molecule has 27 heavy (non-hydrogen) atoms. The molecule has 2 amide bonds. The standard InChI is InChI=1S/C18H17IN2O6/c1-25-15-8-11(6-7-14(15)26-9-16(20)22)18(24)27-10-17(23)21-13-5-3-2-4-12(13)19/h2-8H,9-10H2,1H3,(H2,20,22)(H,21,23). The smallest absolute Gasteiger partial charge is 0.338 e. The summed E-state index contributed by atoms with van der Waals surface area (Å²) in [4.78, 5) is 34.9. The van der Waals surface area contributed by atoms with E-state index in [9.17, 15) is 14.4 Å². The molecule has 8 nitrogen and oxygen atoms in total. The summed E-state index contributed by atoms with van der Waals surface area (Å²) in [6.07, 6.45) is 0. The lowest BCUT2D eigenvalue weighted by Gasteiger charge is -2.11. The molecule has 0 aliphatic carbocycles. The minimum absolute atomic E-state index is 0.167. The molecule has 2 aromatic rings. The number of esters is 1. The first-order valence-corrected chi connectivity index (χ1v) is 8.79. The summed E-state index contributed by atoms with van der Waals surface area (Å²) in [5, 5.41) is 2.66. The van der Waals surface area contributed by atoms with Gasteiger partial charge in [0, 0.05) is 3.57 Å². The van der Waals surface area contributed by atoms with E-state index in [1.807, 2.05) is 12.1 Å². The molecule has 3 N–H and O–H groups in total. The van der Waals surface area contributed by atoms with Gasteiger partial charge < -0.3 is 25.3 Å². The monoisotopic (exact) mass is 484 g/mol. The zero-order valence-corrected chi connectivity index (χ0v) is 16.5. The third kappa shape index (κ3) is 6.13. The second-order valence-electron chi connectivity index (χ2n) is 5.22. The predicted octanol–water partition coefficient (Wildman–Crippen LogP) is 1.96. The highest BCUT2D eigenvalue weighted by Gasteiger charge is 2.15. The fourth-order valence-corrected chi connectivity index (χ4v) is 2.55. The molecule has 0 radical (unpaired) electrons. The van der Waals surface area contributed by atoms with Gasteiger partial charge >= 0.3 is 5.97 Å². The first-order valence-electron chi connectivity index (χ1n) is 7.71. The Morgan fingerprint density at radius 2 is 1.81 bits per heavy atom. The van der Waals surface area contributed by atoms with Gasteiger partial charge in [-0.1, -0.05) is 12.1 Å². The molecule has 2 rings (SSSR count). The van der Waals surface area contributed by atoms with Crippen LogP contribution < -0.4 is 20.5 Å². The Balaban J connectivity index is 1.96. The summed E-state index contributed by atoms with van der Waals surface area (Å²) >= 11 is 2.09. The van der Waals surface area contributed by atoms with Crippen LogP contribution in [0.5, 0.6) is 11.5 Å². The second-order valence-corrected chi connectivity index (χ2v) is 6.39. The van der Waals surface area contributed by atoms with Crippen LogP contribution in [0.2, 0.25) is 0 Å². The molecule has 142 valence electrons. The van der Waals surface area contributed by atoms with Gasteiger partial charge in [0.2, 0.25) is 0 Å². The van der Waals surface area contributed by atoms with E-state index in [1.54, 1.807) is 12.1 Å². The highest BCUT2D eigenvalue weighted by Crippen LogP contribution is 2.28. The first-order chi connectivity index (χ1) is 12.9. The fourth-order valence-electron chi connectivity index (χ4n) is 2.03. The van der Waals surface area contributed by atoms with E-state index in [4.69, 9.17) is 19.9 Å². The van der Waals surface area contributed by atoms with Crippen molar-refractivity contribution < 1.29 is 28.6 Å². The zero-order valence-electron chi connectivity index (χ0n) is 14.4. The van der Waals surface area contributed by atoms with Gasteiger partial charge in [-0.2, -0.15) is 0 Å². The molecule has 9 heteroatoms. The van der Waals surface area contributed by atoms with Crippen molar-refractivity contribution in [3.8, 4) is 11.5 Å². The van der Waals surface area contributed by atoms with Crippen molar-refractivity contribution in [3.63, 3.8) is 0 Å². The van der Waals surface area contributed by atoms with Crippen LogP contribution in [0.1, 0.15) is 10.4 Å². The largest absolute Gasteiger partial charge is 0.493 e. The summed E-state index contributed by atoms with van der Waals surface area (Å²) in [6.45, 7) is -0.759. The molecular formula is C18H17IN2O6. The lowest BCUT2D eigenvalue weighted by atomic mass is 10.2. The van der Waals surface area contributed by atoms with Crippen molar-refractivity contribution in [2.45, 2.75) is 0 Å². The molecular weight excluding hydrogens is 467 g/mol. The van der Waals surface area contributed by atoms with Crippen LogP contribution in [0.15, 0.2) is 42.5 Å². The Kier molecular flexibility index (Phi) is 7.41.